The van der Waals surface area contributed by atoms with E-state index in [0.717, 1.165) is 5.56 Å². The van der Waals surface area contributed by atoms with E-state index in [4.69, 9.17) is 0 Å². The third-order valence-corrected chi connectivity index (χ3v) is 3.27. The Balaban J connectivity index is 1.75. The maximum atomic E-state index is 11.8. The SMILES string of the molecule is Cc1cc(NCCC(=O)NCc2ccccc2)ncc1[N+](=O)[O-]. The Morgan fingerprint density at radius 2 is 2.04 bits per heavy atom. The lowest BCUT2D eigenvalue weighted by atomic mass is 10.2. The fourth-order valence-electron chi connectivity index (χ4n) is 2.03. The minimum atomic E-state index is -0.469. The van der Waals surface area contributed by atoms with Crippen molar-refractivity contribution in [2.45, 2.75) is 19.9 Å². The van der Waals surface area contributed by atoms with Crippen molar-refractivity contribution < 1.29 is 9.72 Å². The molecule has 1 amide bonds. The molecule has 0 radical (unpaired) electrons. The summed E-state index contributed by atoms with van der Waals surface area (Å²) in [6, 6.07) is 11.3. The molecule has 1 aromatic heterocycles. The van der Waals surface area contributed by atoms with Crippen LogP contribution >= 0.6 is 0 Å². The van der Waals surface area contributed by atoms with Crippen LogP contribution in [0.25, 0.3) is 0 Å². The van der Waals surface area contributed by atoms with Gasteiger partial charge in [-0.1, -0.05) is 30.3 Å². The van der Waals surface area contributed by atoms with Crippen molar-refractivity contribution in [3.8, 4) is 0 Å². The minimum Gasteiger partial charge on any atom is -0.370 e. The van der Waals surface area contributed by atoms with Gasteiger partial charge in [0.25, 0.3) is 5.69 Å². The van der Waals surface area contributed by atoms with E-state index in [1.165, 1.54) is 6.20 Å². The van der Waals surface area contributed by atoms with Crippen LogP contribution in [-0.2, 0) is 11.3 Å². The van der Waals surface area contributed by atoms with Gasteiger partial charge in [-0.2, -0.15) is 0 Å². The highest BCUT2D eigenvalue weighted by Crippen LogP contribution is 2.18. The van der Waals surface area contributed by atoms with Gasteiger partial charge in [-0.25, -0.2) is 4.98 Å². The molecule has 120 valence electrons. The molecule has 2 N–H and O–H groups in total. The Bertz CT molecular complexity index is 689. The van der Waals surface area contributed by atoms with Gasteiger partial charge in [0.15, 0.2) is 0 Å². The van der Waals surface area contributed by atoms with Crippen molar-refractivity contribution in [3.05, 3.63) is 63.8 Å². The molecule has 23 heavy (non-hydrogen) atoms. The number of rotatable bonds is 7. The van der Waals surface area contributed by atoms with Gasteiger partial charge in [0.05, 0.1) is 4.92 Å². The number of benzene rings is 1. The highest BCUT2D eigenvalue weighted by Gasteiger charge is 2.11. The van der Waals surface area contributed by atoms with E-state index in [-0.39, 0.29) is 11.6 Å². The summed E-state index contributed by atoms with van der Waals surface area (Å²) in [5.41, 5.74) is 1.55. The summed E-state index contributed by atoms with van der Waals surface area (Å²) in [5.74, 6) is 0.448. The van der Waals surface area contributed by atoms with Gasteiger partial charge in [-0.15, -0.1) is 0 Å². The number of nitro groups is 1. The predicted octanol–water partition coefficient (Wildman–Crippen LogP) is 2.42. The lowest BCUT2D eigenvalue weighted by Crippen LogP contribution is -2.24. The summed E-state index contributed by atoms with van der Waals surface area (Å²) in [6.07, 6.45) is 1.51. The number of amides is 1. The molecule has 0 aliphatic rings. The number of nitrogens with zero attached hydrogens (tertiary/aromatic N) is 2. The maximum absolute atomic E-state index is 11.8. The van der Waals surface area contributed by atoms with Gasteiger partial charge >= 0.3 is 0 Å². The summed E-state index contributed by atoms with van der Waals surface area (Å²) in [4.78, 5) is 26.0. The molecule has 1 aromatic carbocycles. The average Bonchev–Trinajstić information content (AvgIpc) is 2.53. The van der Waals surface area contributed by atoms with Crippen molar-refractivity contribution in [1.29, 1.82) is 0 Å². The van der Waals surface area contributed by atoms with Crippen molar-refractivity contribution in [2.24, 2.45) is 0 Å². The van der Waals surface area contributed by atoms with Crippen LogP contribution in [0.5, 0.6) is 0 Å². The second-order valence-corrected chi connectivity index (χ2v) is 5.05. The lowest BCUT2D eigenvalue weighted by molar-refractivity contribution is -0.385. The van der Waals surface area contributed by atoms with Gasteiger partial charge in [-0.05, 0) is 18.6 Å². The fraction of sp³-hybridized carbons (Fsp3) is 0.250. The Morgan fingerprint density at radius 1 is 1.30 bits per heavy atom. The van der Waals surface area contributed by atoms with Crippen LogP contribution in [0.3, 0.4) is 0 Å². The van der Waals surface area contributed by atoms with Gasteiger partial charge in [-0.3, -0.25) is 14.9 Å². The van der Waals surface area contributed by atoms with E-state index in [2.05, 4.69) is 15.6 Å². The van der Waals surface area contributed by atoms with Crippen LogP contribution in [0, 0.1) is 17.0 Å². The molecule has 0 saturated heterocycles. The Labute approximate surface area is 133 Å². The molecule has 0 bridgehead atoms. The second kappa shape index (κ2) is 7.88. The summed E-state index contributed by atoms with van der Waals surface area (Å²) in [7, 11) is 0. The topological polar surface area (TPSA) is 97.2 Å². The van der Waals surface area contributed by atoms with E-state index in [0.29, 0.717) is 30.9 Å². The first-order valence-corrected chi connectivity index (χ1v) is 7.22. The number of aryl methyl sites for hydroxylation is 1. The van der Waals surface area contributed by atoms with E-state index in [9.17, 15) is 14.9 Å². The second-order valence-electron chi connectivity index (χ2n) is 5.05. The van der Waals surface area contributed by atoms with Crippen molar-refractivity contribution >= 4 is 17.4 Å². The maximum Gasteiger partial charge on any atom is 0.290 e. The number of carbonyl (C=O) groups is 1. The molecule has 0 spiro atoms. The van der Waals surface area contributed by atoms with Crippen LogP contribution in [-0.4, -0.2) is 22.4 Å². The lowest BCUT2D eigenvalue weighted by Gasteiger charge is -2.07. The molecule has 7 nitrogen and oxygen atoms in total. The molecule has 0 atom stereocenters. The minimum absolute atomic E-state index is 0.0174. The van der Waals surface area contributed by atoms with Crippen LogP contribution in [0.4, 0.5) is 11.5 Å². The number of pyridine rings is 1. The molecule has 1 heterocycles. The van der Waals surface area contributed by atoms with Crippen LogP contribution < -0.4 is 10.6 Å². The van der Waals surface area contributed by atoms with Crippen molar-refractivity contribution in [2.75, 3.05) is 11.9 Å². The van der Waals surface area contributed by atoms with E-state index in [1.807, 2.05) is 30.3 Å². The molecule has 0 fully saturated rings. The Hall–Kier alpha value is -2.96. The van der Waals surface area contributed by atoms with Gasteiger partial charge in [0.1, 0.15) is 12.0 Å². The van der Waals surface area contributed by atoms with Crippen molar-refractivity contribution in [1.82, 2.24) is 10.3 Å². The zero-order valence-corrected chi connectivity index (χ0v) is 12.8. The third kappa shape index (κ3) is 5.06. The van der Waals surface area contributed by atoms with Crippen LogP contribution in [0.2, 0.25) is 0 Å². The number of hydrogen-bond donors (Lipinski definition) is 2. The van der Waals surface area contributed by atoms with E-state index < -0.39 is 4.92 Å². The van der Waals surface area contributed by atoms with Gasteiger partial charge in [0.2, 0.25) is 5.91 Å². The molecular formula is C16H18N4O3. The van der Waals surface area contributed by atoms with Crippen LogP contribution in [0.1, 0.15) is 17.5 Å². The first-order valence-electron chi connectivity index (χ1n) is 7.22. The normalized spacial score (nSPS) is 10.1. The highest BCUT2D eigenvalue weighted by molar-refractivity contribution is 5.76. The zero-order valence-electron chi connectivity index (χ0n) is 12.8. The number of carbonyl (C=O) groups excluding carboxylic acids is 1. The Kier molecular flexibility index (Phi) is 5.62. The Morgan fingerprint density at radius 3 is 2.70 bits per heavy atom. The smallest absolute Gasteiger partial charge is 0.290 e. The summed E-state index contributed by atoms with van der Waals surface area (Å²) in [5, 5.41) is 16.5. The average molecular weight is 314 g/mol. The molecular weight excluding hydrogens is 296 g/mol. The molecule has 0 unspecified atom stereocenters. The largest absolute Gasteiger partial charge is 0.370 e. The number of aromatic nitrogens is 1. The molecule has 2 aromatic rings. The molecule has 0 saturated carbocycles. The van der Waals surface area contributed by atoms with E-state index in [1.54, 1.807) is 13.0 Å². The quantitative estimate of drug-likeness (QED) is 0.604. The first-order chi connectivity index (χ1) is 11.1. The third-order valence-electron chi connectivity index (χ3n) is 3.27. The first kappa shape index (κ1) is 16.4. The number of anilines is 1. The molecule has 0 aliphatic carbocycles. The van der Waals surface area contributed by atoms with Gasteiger partial charge < -0.3 is 10.6 Å². The summed E-state index contributed by atoms with van der Waals surface area (Å²) < 4.78 is 0. The standard InChI is InChI=1S/C16H18N4O3/c1-12-9-15(18-11-14(12)20(22)23)17-8-7-16(21)19-10-13-5-3-2-4-6-13/h2-6,9,11H,7-8,10H2,1H3,(H,17,18)(H,19,21). The summed E-state index contributed by atoms with van der Waals surface area (Å²) >= 11 is 0. The predicted molar refractivity (Wildman–Crippen MR) is 87.0 cm³/mol. The van der Waals surface area contributed by atoms with Crippen molar-refractivity contribution in [3.63, 3.8) is 0 Å². The highest BCUT2D eigenvalue weighted by atomic mass is 16.6. The number of nitrogens with one attached hydrogen (secondary N) is 2. The summed E-state index contributed by atoms with van der Waals surface area (Å²) in [6.45, 7) is 2.55. The molecule has 7 heteroatoms. The molecule has 2 rings (SSSR count). The zero-order chi connectivity index (χ0) is 16.7. The number of hydrogen-bond acceptors (Lipinski definition) is 5. The molecule has 0 aliphatic heterocycles. The fourth-order valence-corrected chi connectivity index (χ4v) is 2.03. The van der Waals surface area contributed by atoms with Crippen LogP contribution in [0.15, 0.2) is 42.6 Å². The monoisotopic (exact) mass is 314 g/mol. The van der Waals surface area contributed by atoms with E-state index >= 15 is 0 Å². The van der Waals surface area contributed by atoms with Gasteiger partial charge in [0, 0.05) is 25.1 Å².